The van der Waals surface area contributed by atoms with E-state index in [1.807, 2.05) is 6.92 Å². The van der Waals surface area contributed by atoms with Gasteiger partial charge in [-0.05, 0) is 20.8 Å². The zero-order valence-electron chi connectivity index (χ0n) is 7.69. The maximum atomic E-state index is 3.89. The van der Waals surface area contributed by atoms with Gasteiger partial charge >= 0.3 is 0 Å². The number of nitrogens with zero attached hydrogens (tertiary/aromatic N) is 1. The number of hydrogen-bond acceptors (Lipinski definition) is 1. The summed E-state index contributed by atoms with van der Waals surface area (Å²) < 4.78 is 3.67. The van der Waals surface area contributed by atoms with Gasteiger partial charge in [-0.15, -0.1) is 0 Å². The van der Waals surface area contributed by atoms with Gasteiger partial charge in [0.1, 0.15) is 0 Å². The standard InChI is InChI=1S/C9H16IN/c1-6-9(10-7-2)11(5)8(3)4/h6-7H,3H2,1-2,4-5H3/b9-6+. The third-order valence-electron chi connectivity index (χ3n) is 1.35. The van der Waals surface area contributed by atoms with Crippen LogP contribution in [-0.4, -0.2) is 16.0 Å². The van der Waals surface area contributed by atoms with E-state index in [0.29, 0.717) is 0 Å². The van der Waals surface area contributed by atoms with Crippen molar-refractivity contribution in [1.29, 1.82) is 0 Å². The Kier molecular flexibility index (Phi) is 5.46. The van der Waals surface area contributed by atoms with Crippen molar-refractivity contribution in [2.45, 2.75) is 20.8 Å². The van der Waals surface area contributed by atoms with Gasteiger partial charge in [0.25, 0.3) is 0 Å². The highest BCUT2D eigenvalue weighted by Gasteiger charge is 1.98. The fourth-order valence-corrected chi connectivity index (χ4v) is 2.45. The molecule has 0 amide bonds. The van der Waals surface area contributed by atoms with Crippen LogP contribution < -0.4 is 0 Å². The highest BCUT2D eigenvalue weighted by molar-refractivity contribution is 14.2. The summed E-state index contributed by atoms with van der Waals surface area (Å²) in [6.45, 7) is 10.1. The van der Waals surface area contributed by atoms with E-state index in [-0.39, 0.29) is 20.7 Å². The molecule has 0 saturated heterocycles. The van der Waals surface area contributed by atoms with Crippen molar-refractivity contribution in [2.24, 2.45) is 0 Å². The summed E-state index contributed by atoms with van der Waals surface area (Å²) in [5, 5.41) is 0. The highest BCUT2D eigenvalue weighted by atomic mass is 127. The van der Waals surface area contributed by atoms with Gasteiger partial charge in [-0.1, -0.05) is 37.4 Å². The van der Waals surface area contributed by atoms with Crippen molar-refractivity contribution in [1.82, 2.24) is 4.90 Å². The molecule has 0 aromatic rings. The lowest BCUT2D eigenvalue weighted by atomic mass is 10.5. The van der Waals surface area contributed by atoms with Crippen LogP contribution in [0.25, 0.3) is 0 Å². The molecule has 0 unspecified atom stereocenters. The molecular formula is C9H16IN. The molecule has 0 rings (SSSR count). The first kappa shape index (κ1) is 10.9. The van der Waals surface area contributed by atoms with E-state index in [2.05, 4.69) is 42.5 Å². The van der Waals surface area contributed by atoms with Gasteiger partial charge in [0.15, 0.2) is 0 Å². The predicted octanol–water partition coefficient (Wildman–Crippen LogP) is 3.11. The third kappa shape index (κ3) is 3.70. The molecule has 2 heteroatoms. The van der Waals surface area contributed by atoms with E-state index < -0.39 is 0 Å². The van der Waals surface area contributed by atoms with Crippen molar-refractivity contribution in [3.63, 3.8) is 0 Å². The van der Waals surface area contributed by atoms with E-state index in [1.54, 1.807) is 0 Å². The minimum Gasteiger partial charge on any atom is -0.345 e. The fourth-order valence-electron chi connectivity index (χ4n) is 0.624. The van der Waals surface area contributed by atoms with Crippen LogP contribution in [0, 0.1) is 0 Å². The number of allylic oxidation sites excluding steroid dienone is 2. The Morgan fingerprint density at radius 2 is 2.00 bits per heavy atom. The highest BCUT2D eigenvalue weighted by Crippen LogP contribution is 2.19. The Labute approximate surface area is 79.5 Å². The van der Waals surface area contributed by atoms with Crippen molar-refractivity contribution < 1.29 is 0 Å². The summed E-state index contributed by atoms with van der Waals surface area (Å²) in [6, 6.07) is 0. The molecular weight excluding hydrogens is 249 g/mol. The third-order valence-corrected chi connectivity index (χ3v) is 3.96. The summed E-state index contributed by atoms with van der Waals surface area (Å²) in [7, 11) is 2.07. The van der Waals surface area contributed by atoms with Gasteiger partial charge in [-0.25, -0.2) is 0 Å². The SMILES string of the molecule is C=C(C)N(C)/C(=C/C)I=CC. The van der Waals surface area contributed by atoms with Crippen molar-refractivity contribution >= 4 is 24.7 Å². The number of rotatable bonds is 3. The first-order chi connectivity index (χ1) is 5.13. The van der Waals surface area contributed by atoms with Crippen LogP contribution in [0.2, 0.25) is 0 Å². The molecule has 0 bridgehead atoms. The topological polar surface area (TPSA) is 3.24 Å². The summed E-state index contributed by atoms with van der Waals surface area (Å²) in [5.41, 5.74) is 1.11. The molecule has 0 fully saturated rings. The van der Waals surface area contributed by atoms with Gasteiger partial charge in [0, 0.05) is 12.7 Å². The summed E-state index contributed by atoms with van der Waals surface area (Å²) in [5.74, 6) is 0. The van der Waals surface area contributed by atoms with Gasteiger partial charge in [-0.2, -0.15) is 0 Å². The first-order valence-corrected chi connectivity index (χ1v) is 5.92. The first-order valence-electron chi connectivity index (χ1n) is 3.60. The lowest BCUT2D eigenvalue weighted by Crippen LogP contribution is -2.10. The molecule has 64 valence electrons. The predicted molar refractivity (Wildman–Crippen MR) is 62.1 cm³/mol. The molecule has 0 atom stereocenters. The molecule has 0 aliphatic heterocycles. The van der Waals surface area contributed by atoms with Gasteiger partial charge in [-0.3, -0.25) is 0 Å². The van der Waals surface area contributed by atoms with E-state index in [0.717, 1.165) is 5.70 Å². The normalized spacial score (nSPS) is 12.9. The smallest absolute Gasteiger partial charge is 0.0694 e. The fraction of sp³-hybridized carbons (Fsp3) is 0.444. The molecule has 11 heavy (non-hydrogen) atoms. The Morgan fingerprint density at radius 1 is 1.45 bits per heavy atom. The summed E-state index contributed by atoms with van der Waals surface area (Å²) in [4.78, 5) is 2.16. The van der Waals surface area contributed by atoms with Crippen LogP contribution in [0.1, 0.15) is 20.8 Å². The second-order valence-electron chi connectivity index (χ2n) is 2.23. The Morgan fingerprint density at radius 3 is 2.27 bits per heavy atom. The van der Waals surface area contributed by atoms with Crippen LogP contribution in [0.4, 0.5) is 0 Å². The van der Waals surface area contributed by atoms with Crippen LogP contribution in [-0.2, 0) is 0 Å². The van der Waals surface area contributed by atoms with Crippen LogP contribution in [0.3, 0.4) is 0 Å². The molecule has 0 heterocycles. The van der Waals surface area contributed by atoms with Crippen LogP contribution >= 0.6 is 20.7 Å². The monoisotopic (exact) mass is 265 g/mol. The average Bonchev–Trinajstić information content (AvgIpc) is 1.98. The molecule has 0 aliphatic rings. The van der Waals surface area contributed by atoms with E-state index in [4.69, 9.17) is 0 Å². The minimum atomic E-state index is 0.0894. The molecule has 0 radical (unpaired) electrons. The summed E-state index contributed by atoms with van der Waals surface area (Å²) >= 11 is 0.0894. The molecule has 0 N–H and O–H groups in total. The van der Waals surface area contributed by atoms with E-state index >= 15 is 0 Å². The molecule has 0 spiro atoms. The average molecular weight is 265 g/mol. The quantitative estimate of drug-likeness (QED) is 0.560. The lowest BCUT2D eigenvalue weighted by Gasteiger charge is -2.18. The number of halogens is 1. The zero-order chi connectivity index (χ0) is 8.85. The maximum absolute atomic E-state index is 3.89. The van der Waals surface area contributed by atoms with Crippen molar-refractivity contribution in [3.8, 4) is 0 Å². The minimum absolute atomic E-state index is 0.0894. The van der Waals surface area contributed by atoms with Gasteiger partial charge in [0.2, 0.25) is 0 Å². The summed E-state index contributed by atoms with van der Waals surface area (Å²) in [6.07, 6.45) is 2.17. The molecule has 0 aromatic carbocycles. The van der Waals surface area contributed by atoms with Gasteiger partial charge in [0.05, 0.1) is 3.70 Å². The zero-order valence-corrected chi connectivity index (χ0v) is 9.84. The lowest BCUT2D eigenvalue weighted by molar-refractivity contribution is 0.566. The molecule has 0 aliphatic carbocycles. The van der Waals surface area contributed by atoms with Crippen molar-refractivity contribution in [2.75, 3.05) is 7.05 Å². The van der Waals surface area contributed by atoms with Crippen molar-refractivity contribution in [3.05, 3.63) is 22.1 Å². The second kappa shape index (κ2) is 5.52. The van der Waals surface area contributed by atoms with E-state index in [9.17, 15) is 0 Å². The molecule has 0 aromatic heterocycles. The Balaban J connectivity index is 4.40. The molecule has 1 nitrogen and oxygen atoms in total. The Hall–Kier alpha value is -0.120. The largest absolute Gasteiger partial charge is 0.345 e. The van der Waals surface area contributed by atoms with Gasteiger partial charge < -0.3 is 4.90 Å². The van der Waals surface area contributed by atoms with Crippen LogP contribution in [0.15, 0.2) is 22.1 Å². The Bertz CT molecular complexity index is 192. The van der Waals surface area contributed by atoms with Crippen LogP contribution in [0.5, 0.6) is 0 Å². The second-order valence-corrected chi connectivity index (χ2v) is 5.21. The maximum Gasteiger partial charge on any atom is 0.0694 e. The van der Waals surface area contributed by atoms with E-state index in [1.165, 1.54) is 3.70 Å². The molecule has 0 saturated carbocycles. The number of hydrogen-bond donors (Lipinski definition) is 0.